The number of nitriles is 1. The number of piperazine rings is 1. The number of allylic oxidation sites excluding steroid dienone is 1. The molecule has 0 unspecified atom stereocenters. The van der Waals surface area contributed by atoms with Gasteiger partial charge in [0.25, 0.3) is 0 Å². The van der Waals surface area contributed by atoms with Gasteiger partial charge in [-0.2, -0.15) is 9.65 Å². The zero-order valence-electron chi connectivity index (χ0n) is 18.5. The van der Waals surface area contributed by atoms with E-state index in [0.29, 0.717) is 30.9 Å². The van der Waals surface area contributed by atoms with Crippen LogP contribution in [0.25, 0.3) is 11.3 Å². The third kappa shape index (κ3) is 4.73. The predicted molar refractivity (Wildman–Crippen MR) is 123 cm³/mol. The average Bonchev–Trinajstić information content (AvgIpc) is 2.83. The van der Waals surface area contributed by atoms with Crippen LogP contribution in [0.5, 0.6) is 0 Å². The van der Waals surface area contributed by atoms with E-state index in [4.69, 9.17) is 5.84 Å². The van der Waals surface area contributed by atoms with Crippen LogP contribution < -0.4 is 16.1 Å². The number of hydrogen-bond acceptors (Lipinski definition) is 9. The Balaban J connectivity index is 1.52. The number of rotatable bonds is 5. The van der Waals surface area contributed by atoms with E-state index in [9.17, 15) is 5.26 Å². The minimum absolute atomic E-state index is 0.0875. The van der Waals surface area contributed by atoms with E-state index >= 15 is 4.39 Å². The lowest BCUT2D eigenvalue weighted by Gasteiger charge is -2.36. The van der Waals surface area contributed by atoms with Crippen molar-refractivity contribution in [2.75, 3.05) is 29.9 Å². The highest BCUT2D eigenvalue weighted by Gasteiger charge is 2.23. The minimum Gasteiger partial charge on any atom is -0.363 e. The van der Waals surface area contributed by atoms with Gasteiger partial charge >= 0.3 is 0 Å². The summed E-state index contributed by atoms with van der Waals surface area (Å²) in [5.41, 5.74) is 4.31. The summed E-state index contributed by atoms with van der Waals surface area (Å²) in [5, 5.41) is 14.3. The third-order valence-electron chi connectivity index (χ3n) is 5.43. The molecule has 0 aromatic carbocycles. The largest absolute Gasteiger partial charge is 0.363 e. The average molecular weight is 446 g/mol. The maximum absolute atomic E-state index is 15.2. The van der Waals surface area contributed by atoms with Gasteiger partial charge in [-0.15, -0.1) is 0 Å². The Morgan fingerprint density at radius 2 is 2.09 bits per heavy atom. The first-order valence-electron chi connectivity index (χ1n) is 10.5. The second-order valence-corrected chi connectivity index (χ2v) is 7.65. The van der Waals surface area contributed by atoms with Gasteiger partial charge in [0.05, 0.1) is 24.3 Å². The SMILES string of the molecule is C/C=C1/CN(c2ncnc(NCc3cnc(-c4ccnc(C)c4)c(C#N)c3)c2F)CCN1N. The molecule has 3 aromatic rings. The molecule has 0 radical (unpaired) electrons. The molecule has 0 bridgehead atoms. The topological polar surface area (TPSA) is 120 Å². The molecule has 0 aliphatic carbocycles. The van der Waals surface area contributed by atoms with Gasteiger partial charge < -0.3 is 15.2 Å². The lowest BCUT2D eigenvalue weighted by Crippen LogP contribution is -2.48. The van der Waals surface area contributed by atoms with Crippen molar-refractivity contribution in [3.05, 3.63) is 71.3 Å². The summed E-state index contributed by atoms with van der Waals surface area (Å²) < 4.78 is 15.2. The lowest BCUT2D eigenvalue weighted by molar-refractivity contribution is 0.328. The molecule has 1 fully saturated rings. The van der Waals surface area contributed by atoms with Crippen LogP contribution in [0.2, 0.25) is 0 Å². The number of aryl methyl sites for hydroxylation is 1. The highest BCUT2D eigenvalue weighted by atomic mass is 19.1. The highest BCUT2D eigenvalue weighted by Crippen LogP contribution is 2.25. The van der Waals surface area contributed by atoms with Crippen molar-refractivity contribution in [3.8, 4) is 17.3 Å². The molecular weight excluding hydrogens is 421 g/mol. The number of nitrogens with one attached hydrogen (secondary N) is 1. The first-order chi connectivity index (χ1) is 16.0. The number of halogens is 1. The van der Waals surface area contributed by atoms with Crippen LogP contribution in [0.15, 0.2) is 48.7 Å². The molecule has 0 saturated carbocycles. The summed E-state index contributed by atoms with van der Waals surface area (Å²) in [5.74, 6) is 5.73. The summed E-state index contributed by atoms with van der Waals surface area (Å²) in [6.45, 7) is 5.61. The van der Waals surface area contributed by atoms with Crippen molar-refractivity contribution in [3.63, 3.8) is 0 Å². The summed E-state index contributed by atoms with van der Waals surface area (Å²) >= 11 is 0. The first-order valence-corrected chi connectivity index (χ1v) is 10.5. The quantitative estimate of drug-likeness (QED) is 0.571. The van der Waals surface area contributed by atoms with Gasteiger partial charge in [0.2, 0.25) is 5.82 Å². The normalized spacial score (nSPS) is 14.9. The van der Waals surface area contributed by atoms with Crippen molar-refractivity contribution in [1.82, 2.24) is 24.9 Å². The third-order valence-corrected chi connectivity index (χ3v) is 5.43. The van der Waals surface area contributed by atoms with Crippen LogP contribution in [-0.2, 0) is 6.54 Å². The van der Waals surface area contributed by atoms with Crippen molar-refractivity contribution < 1.29 is 4.39 Å². The van der Waals surface area contributed by atoms with Gasteiger partial charge in [-0.25, -0.2) is 15.8 Å². The monoisotopic (exact) mass is 445 g/mol. The fourth-order valence-electron chi connectivity index (χ4n) is 3.68. The van der Waals surface area contributed by atoms with Gasteiger partial charge in [0.15, 0.2) is 11.6 Å². The number of nitrogens with zero attached hydrogens (tertiary/aromatic N) is 7. The summed E-state index contributed by atoms with van der Waals surface area (Å²) in [7, 11) is 0. The van der Waals surface area contributed by atoms with Gasteiger partial charge in [0.1, 0.15) is 12.4 Å². The summed E-state index contributed by atoms with van der Waals surface area (Å²) in [4.78, 5) is 18.7. The molecule has 3 aromatic heterocycles. The highest BCUT2D eigenvalue weighted by molar-refractivity contribution is 5.66. The number of anilines is 2. The molecule has 0 amide bonds. The molecule has 33 heavy (non-hydrogen) atoms. The molecule has 4 rings (SSSR count). The number of hydrogen-bond donors (Lipinski definition) is 2. The zero-order valence-corrected chi connectivity index (χ0v) is 18.5. The first kappa shape index (κ1) is 22.1. The van der Waals surface area contributed by atoms with Crippen LogP contribution in [0.4, 0.5) is 16.0 Å². The van der Waals surface area contributed by atoms with Crippen molar-refractivity contribution >= 4 is 11.6 Å². The van der Waals surface area contributed by atoms with Gasteiger partial charge in [-0.1, -0.05) is 6.08 Å². The van der Waals surface area contributed by atoms with E-state index < -0.39 is 5.82 Å². The standard InChI is InChI=1S/C23H24FN9/c1-3-19-13-32(6-7-33(19)26)23-20(24)22(30-14-31-23)29-12-16-9-18(10-25)21(28-11-16)17-4-5-27-15(2)8-17/h3-5,8-9,11,14H,6-7,12-13,26H2,1-2H3,(H,29,30,31)/b19-3-. The van der Waals surface area contributed by atoms with E-state index in [2.05, 4.69) is 31.3 Å². The number of aromatic nitrogens is 4. The fourth-order valence-corrected chi connectivity index (χ4v) is 3.68. The Morgan fingerprint density at radius 3 is 2.85 bits per heavy atom. The van der Waals surface area contributed by atoms with Crippen molar-refractivity contribution in [1.29, 1.82) is 5.26 Å². The Bertz CT molecular complexity index is 1230. The molecule has 4 heterocycles. The minimum atomic E-state index is -0.532. The molecule has 9 nitrogen and oxygen atoms in total. The van der Waals surface area contributed by atoms with Crippen LogP contribution >= 0.6 is 0 Å². The fraction of sp³-hybridized carbons (Fsp3) is 0.261. The van der Waals surface area contributed by atoms with Crippen LogP contribution in [-0.4, -0.2) is 44.6 Å². The van der Waals surface area contributed by atoms with E-state index in [1.807, 2.05) is 37.0 Å². The van der Waals surface area contributed by atoms with Gasteiger partial charge in [0, 0.05) is 42.4 Å². The zero-order chi connectivity index (χ0) is 23.4. The van der Waals surface area contributed by atoms with E-state index in [-0.39, 0.29) is 18.2 Å². The molecule has 3 N–H and O–H groups in total. The van der Waals surface area contributed by atoms with Crippen LogP contribution in [0.3, 0.4) is 0 Å². The Labute approximate surface area is 191 Å². The molecule has 0 spiro atoms. The molecule has 168 valence electrons. The summed E-state index contributed by atoms with van der Waals surface area (Å²) in [6, 6.07) is 7.62. The predicted octanol–water partition coefficient (Wildman–Crippen LogP) is 2.76. The second-order valence-electron chi connectivity index (χ2n) is 7.65. The number of hydrazine groups is 1. The molecule has 1 aliphatic heterocycles. The van der Waals surface area contributed by atoms with E-state index in [1.165, 1.54) is 6.33 Å². The Hall–Kier alpha value is -4.10. The molecule has 0 atom stereocenters. The van der Waals surface area contributed by atoms with E-state index in [0.717, 1.165) is 22.5 Å². The van der Waals surface area contributed by atoms with Crippen molar-refractivity contribution in [2.45, 2.75) is 20.4 Å². The smallest absolute Gasteiger partial charge is 0.207 e. The Kier molecular flexibility index (Phi) is 6.42. The molecule has 1 saturated heterocycles. The maximum Gasteiger partial charge on any atom is 0.207 e. The second kappa shape index (κ2) is 9.58. The van der Waals surface area contributed by atoms with E-state index in [1.54, 1.807) is 23.5 Å². The van der Waals surface area contributed by atoms with Gasteiger partial charge in [-0.3, -0.25) is 9.97 Å². The lowest BCUT2D eigenvalue weighted by atomic mass is 10.1. The maximum atomic E-state index is 15.2. The van der Waals surface area contributed by atoms with Crippen molar-refractivity contribution in [2.24, 2.45) is 5.84 Å². The Morgan fingerprint density at radius 1 is 1.24 bits per heavy atom. The number of pyridine rings is 2. The molecule has 10 heteroatoms. The molecule has 1 aliphatic rings. The molecular formula is C23H24FN9. The summed E-state index contributed by atoms with van der Waals surface area (Å²) in [6.07, 6.45) is 6.59. The number of nitrogens with two attached hydrogens (primary N) is 1. The van der Waals surface area contributed by atoms with Crippen LogP contribution in [0.1, 0.15) is 23.7 Å². The van der Waals surface area contributed by atoms with Gasteiger partial charge in [-0.05, 0) is 37.6 Å². The van der Waals surface area contributed by atoms with Crippen LogP contribution in [0, 0.1) is 24.1 Å².